The second-order valence-corrected chi connectivity index (χ2v) is 6.04. The van der Waals surface area contributed by atoms with Crippen molar-refractivity contribution in [2.45, 2.75) is 25.6 Å². The van der Waals surface area contributed by atoms with Crippen LogP contribution in [0.5, 0.6) is 0 Å². The minimum atomic E-state index is 0.251. The van der Waals surface area contributed by atoms with Crippen molar-refractivity contribution < 1.29 is 4.42 Å². The van der Waals surface area contributed by atoms with Crippen LogP contribution in [0, 0.1) is 20.8 Å². The van der Waals surface area contributed by atoms with Crippen LogP contribution in [-0.4, -0.2) is 0 Å². The number of thiophene rings is 1. The number of alkyl halides is 1. The molecule has 3 heteroatoms. The van der Waals surface area contributed by atoms with Gasteiger partial charge in [-0.1, -0.05) is 15.9 Å². The topological polar surface area (TPSA) is 13.1 Å². The maximum absolute atomic E-state index is 5.33. The zero-order valence-corrected chi connectivity index (χ0v) is 11.4. The fourth-order valence-corrected chi connectivity index (χ4v) is 3.79. The Kier molecular flexibility index (Phi) is 3.03. The molecule has 0 saturated heterocycles. The molecule has 0 aromatic carbocycles. The zero-order valence-electron chi connectivity index (χ0n) is 9.00. The average Bonchev–Trinajstić information content (AvgIpc) is 2.71. The Labute approximate surface area is 102 Å². The zero-order chi connectivity index (χ0) is 11.0. The second kappa shape index (κ2) is 4.14. The van der Waals surface area contributed by atoms with Crippen LogP contribution < -0.4 is 0 Å². The Hall–Kier alpha value is -0.540. The maximum atomic E-state index is 5.33. The number of hydrogen-bond acceptors (Lipinski definition) is 2. The van der Waals surface area contributed by atoms with Gasteiger partial charge in [0.2, 0.25) is 0 Å². The first-order chi connectivity index (χ1) is 7.09. The molecule has 0 bridgehead atoms. The van der Waals surface area contributed by atoms with Gasteiger partial charge in [0.25, 0.3) is 0 Å². The van der Waals surface area contributed by atoms with Crippen LogP contribution in [0.2, 0.25) is 0 Å². The van der Waals surface area contributed by atoms with E-state index in [9.17, 15) is 0 Å². The van der Waals surface area contributed by atoms with Crippen LogP contribution in [0.1, 0.15) is 31.5 Å². The Balaban J connectivity index is 2.40. The minimum absolute atomic E-state index is 0.251. The van der Waals surface area contributed by atoms with Crippen LogP contribution in [-0.2, 0) is 0 Å². The highest BCUT2D eigenvalue weighted by atomic mass is 79.9. The van der Waals surface area contributed by atoms with Crippen LogP contribution in [0.25, 0.3) is 0 Å². The van der Waals surface area contributed by atoms with Crippen molar-refractivity contribution in [3.8, 4) is 0 Å². The van der Waals surface area contributed by atoms with E-state index in [2.05, 4.69) is 35.8 Å². The Morgan fingerprint density at radius 1 is 1.27 bits per heavy atom. The van der Waals surface area contributed by atoms with E-state index in [0.29, 0.717) is 0 Å². The molecule has 1 nitrogen and oxygen atoms in total. The van der Waals surface area contributed by atoms with Gasteiger partial charge in [-0.05, 0) is 38.5 Å². The summed E-state index contributed by atoms with van der Waals surface area (Å²) < 4.78 is 5.33. The van der Waals surface area contributed by atoms with E-state index in [1.807, 2.05) is 24.3 Å². The van der Waals surface area contributed by atoms with Crippen molar-refractivity contribution in [2.75, 3.05) is 0 Å². The molecule has 1 atom stereocenters. The van der Waals surface area contributed by atoms with E-state index in [1.54, 1.807) is 6.26 Å². The lowest BCUT2D eigenvalue weighted by Crippen LogP contribution is -1.92. The van der Waals surface area contributed by atoms with Crippen LogP contribution >= 0.6 is 27.3 Å². The van der Waals surface area contributed by atoms with Crippen molar-refractivity contribution in [1.82, 2.24) is 0 Å². The van der Waals surface area contributed by atoms with Crippen molar-refractivity contribution in [3.63, 3.8) is 0 Å². The summed E-state index contributed by atoms with van der Waals surface area (Å²) in [6.07, 6.45) is 1.74. The molecule has 2 aromatic rings. The SMILES string of the molecule is Cc1cc(C(Br)c2ccoc2C)c(C)s1. The molecule has 2 heterocycles. The standard InChI is InChI=1S/C12H13BrOS/c1-7-6-11(9(3)15-7)12(13)10-4-5-14-8(10)2/h4-6,12H,1-3H3. The second-order valence-electron chi connectivity index (χ2n) is 3.66. The maximum Gasteiger partial charge on any atom is 0.105 e. The summed E-state index contributed by atoms with van der Waals surface area (Å²) in [6, 6.07) is 4.27. The molecule has 0 saturated carbocycles. The summed E-state index contributed by atoms with van der Waals surface area (Å²) in [4.78, 5) is 2.98. The molecule has 15 heavy (non-hydrogen) atoms. The monoisotopic (exact) mass is 284 g/mol. The summed E-state index contributed by atoms with van der Waals surface area (Å²) >= 11 is 5.57. The summed E-state index contributed by atoms with van der Waals surface area (Å²) in [5.41, 5.74) is 2.57. The predicted molar refractivity (Wildman–Crippen MR) is 68.0 cm³/mol. The normalized spacial score (nSPS) is 13.1. The predicted octanol–water partition coefficient (Wildman–Crippen LogP) is 4.75. The van der Waals surface area contributed by atoms with Crippen LogP contribution in [0.15, 0.2) is 22.8 Å². The van der Waals surface area contributed by atoms with Gasteiger partial charge in [-0.3, -0.25) is 0 Å². The quantitative estimate of drug-likeness (QED) is 0.726. The highest BCUT2D eigenvalue weighted by Crippen LogP contribution is 2.38. The number of hydrogen-bond donors (Lipinski definition) is 0. The summed E-state index contributed by atoms with van der Waals surface area (Å²) in [6.45, 7) is 6.30. The third-order valence-corrected chi connectivity index (χ3v) is 4.49. The van der Waals surface area contributed by atoms with E-state index in [0.717, 1.165) is 5.76 Å². The van der Waals surface area contributed by atoms with Crippen LogP contribution in [0.4, 0.5) is 0 Å². The van der Waals surface area contributed by atoms with Gasteiger partial charge in [-0.25, -0.2) is 0 Å². The van der Waals surface area contributed by atoms with Gasteiger partial charge >= 0.3 is 0 Å². The summed E-state index contributed by atoms with van der Waals surface area (Å²) in [5, 5.41) is 0. The molecule has 2 aromatic heterocycles. The van der Waals surface area contributed by atoms with Gasteiger partial charge in [0.15, 0.2) is 0 Å². The molecule has 0 fully saturated rings. The van der Waals surface area contributed by atoms with Gasteiger partial charge < -0.3 is 4.42 Å². The molecule has 0 aliphatic rings. The molecule has 1 unspecified atom stereocenters. The van der Waals surface area contributed by atoms with E-state index in [1.165, 1.54) is 20.9 Å². The van der Waals surface area contributed by atoms with Gasteiger partial charge in [0, 0.05) is 15.3 Å². The number of furan rings is 1. The third-order valence-electron chi connectivity index (χ3n) is 2.52. The smallest absolute Gasteiger partial charge is 0.105 e. The van der Waals surface area contributed by atoms with Crippen molar-refractivity contribution in [1.29, 1.82) is 0 Å². The summed E-state index contributed by atoms with van der Waals surface area (Å²) in [5.74, 6) is 0.986. The number of aryl methyl sites for hydroxylation is 3. The number of rotatable bonds is 2. The Morgan fingerprint density at radius 2 is 2.00 bits per heavy atom. The lowest BCUT2D eigenvalue weighted by Gasteiger charge is -2.08. The van der Waals surface area contributed by atoms with Gasteiger partial charge in [0.1, 0.15) is 5.76 Å². The summed E-state index contributed by atoms with van der Waals surface area (Å²) in [7, 11) is 0. The highest BCUT2D eigenvalue weighted by molar-refractivity contribution is 9.09. The minimum Gasteiger partial charge on any atom is -0.469 e. The fourth-order valence-electron chi connectivity index (χ4n) is 1.73. The molecule has 2 rings (SSSR count). The molecule has 0 aliphatic carbocycles. The Bertz CT molecular complexity index is 470. The first-order valence-corrected chi connectivity index (χ1v) is 6.58. The molecular formula is C12H13BrOS. The largest absolute Gasteiger partial charge is 0.469 e. The molecule has 0 spiro atoms. The molecule has 0 N–H and O–H groups in total. The Morgan fingerprint density at radius 3 is 2.47 bits per heavy atom. The van der Waals surface area contributed by atoms with Gasteiger partial charge in [-0.2, -0.15) is 0 Å². The average molecular weight is 285 g/mol. The van der Waals surface area contributed by atoms with E-state index >= 15 is 0 Å². The van der Waals surface area contributed by atoms with Crippen molar-refractivity contribution in [2.24, 2.45) is 0 Å². The first-order valence-electron chi connectivity index (χ1n) is 4.84. The number of halogens is 1. The lowest BCUT2D eigenvalue weighted by atomic mass is 10.1. The molecule has 80 valence electrons. The van der Waals surface area contributed by atoms with E-state index in [-0.39, 0.29) is 4.83 Å². The van der Waals surface area contributed by atoms with Crippen LogP contribution in [0.3, 0.4) is 0 Å². The third kappa shape index (κ3) is 2.04. The van der Waals surface area contributed by atoms with Gasteiger partial charge in [0.05, 0.1) is 11.1 Å². The van der Waals surface area contributed by atoms with E-state index < -0.39 is 0 Å². The lowest BCUT2D eigenvalue weighted by molar-refractivity contribution is 0.530. The first kappa shape index (κ1) is 11.0. The molecule has 0 aliphatic heterocycles. The van der Waals surface area contributed by atoms with Crippen molar-refractivity contribution in [3.05, 3.63) is 45.0 Å². The molecular weight excluding hydrogens is 272 g/mol. The fraction of sp³-hybridized carbons (Fsp3) is 0.333. The molecule has 0 radical (unpaired) electrons. The van der Waals surface area contributed by atoms with E-state index in [4.69, 9.17) is 4.42 Å². The van der Waals surface area contributed by atoms with Crippen molar-refractivity contribution >= 4 is 27.3 Å². The molecule has 0 amide bonds. The van der Waals surface area contributed by atoms with Gasteiger partial charge in [-0.15, -0.1) is 11.3 Å². The highest BCUT2D eigenvalue weighted by Gasteiger charge is 2.18.